The number of fused-ring (bicyclic) bond motifs is 1. The highest BCUT2D eigenvalue weighted by Crippen LogP contribution is 2.18. The number of rotatable bonds is 4. The van der Waals surface area contributed by atoms with Gasteiger partial charge in [0, 0.05) is 16.5 Å². The molecule has 0 aliphatic heterocycles. The number of nitrogens with zero attached hydrogens (tertiary/aromatic N) is 2. The highest BCUT2D eigenvalue weighted by Gasteiger charge is 2.11. The minimum Gasteiger partial charge on any atom is -0.351 e. The third-order valence-corrected chi connectivity index (χ3v) is 4.13. The second kappa shape index (κ2) is 6.33. The van der Waals surface area contributed by atoms with E-state index in [-0.39, 0.29) is 5.91 Å². The van der Waals surface area contributed by atoms with Gasteiger partial charge in [0.05, 0.1) is 23.8 Å². The number of carbonyl (C=O) groups is 2. The Bertz CT molecular complexity index is 1120. The molecule has 2 aromatic carbocycles. The quantitative estimate of drug-likeness (QED) is 0.554. The van der Waals surface area contributed by atoms with Crippen molar-refractivity contribution in [1.29, 1.82) is 0 Å². The highest BCUT2D eigenvalue weighted by atomic mass is 16.1. The van der Waals surface area contributed by atoms with E-state index in [0.717, 1.165) is 28.4 Å². The van der Waals surface area contributed by atoms with Crippen LogP contribution in [0.4, 0.5) is 5.69 Å². The lowest BCUT2D eigenvalue weighted by atomic mass is 10.2. The fraction of sp³-hybridized carbons (Fsp3) is 0.0500. The van der Waals surface area contributed by atoms with Crippen molar-refractivity contribution in [1.82, 2.24) is 14.8 Å². The Hall–Kier alpha value is -3.67. The molecule has 0 aliphatic rings. The summed E-state index contributed by atoms with van der Waals surface area (Å²) in [5.74, 6) is -0.236. The van der Waals surface area contributed by atoms with E-state index in [1.165, 1.54) is 0 Å². The summed E-state index contributed by atoms with van der Waals surface area (Å²) >= 11 is 0. The van der Waals surface area contributed by atoms with Gasteiger partial charge in [0.15, 0.2) is 0 Å². The molecular weight excluding hydrogens is 328 g/mol. The molecule has 0 aliphatic carbocycles. The first-order valence-corrected chi connectivity index (χ1v) is 8.13. The first-order valence-electron chi connectivity index (χ1n) is 8.13. The number of aromatic nitrogens is 3. The smallest absolute Gasteiger partial charge is 0.272 e. The molecule has 2 aromatic heterocycles. The van der Waals surface area contributed by atoms with E-state index in [4.69, 9.17) is 0 Å². The van der Waals surface area contributed by atoms with E-state index in [1.54, 1.807) is 35.3 Å². The van der Waals surface area contributed by atoms with Gasteiger partial charge in [-0.05, 0) is 37.3 Å². The van der Waals surface area contributed by atoms with Crippen LogP contribution in [0.3, 0.4) is 0 Å². The lowest BCUT2D eigenvalue weighted by Crippen LogP contribution is -2.11. The maximum absolute atomic E-state index is 12.5. The Labute approximate surface area is 149 Å². The van der Waals surface area contributed by atoms with Gasteiger partial charge < -0.3 is 10.3 Å². The van der Waals surface area contributed by atoms with Crippen LogP contribution in [0, 0.1) is 6.92 Å². The van der Waals surface area contributed by atoms with Crippen molar-refractivity contribution in [2.75, 3.05) is 5.32 Å². The van der Waals surface area contributed by atoms with E-state index in [1.807, 2.05) is 37.3 Å². The Morgan fingerprint density at radius 3 is 2.92 bits per heavy atom. The van der Waals surface area contributed by atoms with E-state index in [0.29, 0.717) is 16.9 Å². The minimum absolute atomic E-state index is 0.236. The Balaban J connectivity index is 1.56. The monoisotopic (exact) mass is 344 g/mol. The number of benzene rings is 2. The van der Waals surface area contributed by atoms with Crippen molar-refractivity contribution in [3.05, 3.63) is 77.7 Å². The molecule has 0 atom stereocenters. The maximum Gasteiger partial charge on any atom is 0.272 e. The van der Waals surface area contributed by atoms with E-state index < -0.39 is 0 Å². The molecule has 0 saturated heterocycles. The molecule has 6 heteroatoms. The van der Waals surface area contributed by atoms with Gasteiger partial charge in [0.25, 0.3) is 5.91 Å². The van der Waals surface area contributed by atoms with Crippen molar-refractivity contribution < 1.29 is 9.59 Å². The number of hydrogen-bond acceptors (Lipinski definition) is 3. The molecule has 0 unspecified atom stereocenters. The molecule has 2 heterocycles. The molecule has 0 bridgehead atoms. The van der Waals surface area contributed by atoms with Crippen LogP contribution in [0.15, 0.2) is 60.9 Å². The molecule has 4 rings (SSSR count). The summed E-state index contributed by atoms with van der Waals surface area (Å²) in [5.41, 5.74) is 4.43. The fourth-order valence-electron chi connectivity index (χ4n) is 2.84. The molecule has 0 spiro atoms. The summed E-state index contributed by atoms with van der Waals surface area (Å²) in [5, 5.41) is 8.07. The second-order valence-electron chi connectivity index (χ2n) is 6.11. The van der Waals surface area contributed by atoms with Gasteiger partial charge in [0.1, 0.15) is 12.0 Å². The summed E-state index contributed by atoms with van der Waals surface area (Å²) < 4.78 is 1.61. The first kappa shape index (κ1) is 15.8. The van der Waals surface area contributed by atoms with E-state index >= 15 is 0 Å². The topological polar surface area (TPSA) is 79.8 Å². The zero-order valence-corrected chi connectivity index (χ0v) is 14.1. The summed E-state index contributed by atoms with van der Waals surface area (Å²) in [6, 6.07) is 14.9. The molecule has 0 radical (unpaired) electrons. The second-order valence-corrected chi connectivity index (χ2v) is 6.11. The third-order valence-electron chi connectivity index (χ3n) is 4.13. The molecule has 6 nitrogen and oxygen atoms in total. The normalized spacial score (nSPS) is 10.8. The van der Waals surface area contributed by atoms with E-state index in [2.05, 4.69) is 15.4 Å². The average Bonchev–Trinajstić information content (AvgIpc) is 3.28. The molecule has 0 saturated carbocycles. The fourth-order valence-corrected chi connectivity index (χ4v) is 2.84. The molecule has 1 amide bonds. The zero-order chi connectivity index (χ0) is 18.1. The van der Waals surface area contributed by atoms with Gasteiger partial charge in [0.2, 0.25) is 0 Å². The standard InChI is InChI=1S/C20H16N4O2/c1-13-5-6-18-15(7-13)9-19(23-18)20(26)22-16-10-21-24(11-16)17-4-2-3-14(8-17)12-25/h2-12,23H,1H3,(H,22,26). The summed E-state index contributed by atoms with van der Waals surface area (Å²) in [6.07, 6.45) is 4.06. The van der Waals surface area contributed by atoms with Crippen molar-refractivity contribution in [3.63, 3.8) is 0 Å². The van der Waals surface area contributed by atoms with Gasteiger partial charge in [-0.25, -0.2) is 4.68 Å². The van der Waals surface area contributed by atoms with Crippen LogP contribution in [0.25, 0.3) is 16.6 Å². The molecular formula is C20H16N4O2. The largest absolute Gasteiger partial charge is 0.351 e. The van der Waals surface area contributed by atoms with Crippen LogP contribution < -0.4 is 5.32 Å². The van der Waals surface area contributed by atoms with Gasteiger partial charge in [-0.2, -0.15) is 5.10 Å². The van der Waals surface area contributed by atoms with Gasteiger partial charge in [-0.3, -0.25) is 9.59 Å². The van der Waals surface area contributed by atoms with Crippen LogP contribution in [0.2, 0.25) is 0 Å². The van der Waals surface area contributed by atoms with Gasteiger partial charge in [-0.1, -0.05) is 23.8 Å². The predicted molar refractivity (Wildman–Crippen MR) is 99.9 cm³/mol. The number of hydrogen-bond donors (Lipinski definition) is 2. The first-order chi connectivity index (χ1) is 12.6. The van der Waals surface area contributed by atoms with Crippen LogP contribution in [-0.2, 0) is 0 Å². The van der Waals surface area contributed by atoms with Crippen LogP contribution in [0.1, 0.15) is 26.4 Å². The number of carbonyl (C=O) groups excluding carboxylic acids is 2. The Morgan fingerprint density at radius 2 is 2.08 bits per heavy atom. The lowest BCUT2D eigenvalue weighted by molar-refractivity contribution is 0.102. The number of amides is 1. The van der Waals surface area contributed by atoms with Crippen molar-refractivity contribution >= 4 is 28.8 Å². The number of aryl methyl sites for hydroxylation is 1. The number of nitrogens with one attached hydrogen (secondary N) is 2. The van der Waals surface area contributed by atoms with Gasteiger partial charge >= 0.3 is 0 Å². The minimum atomic E-state index is -0.236. The van der Waals surface area contributed by atoms with Crippen molar-refractivity contribution in [2.24, 2.45) is 0 Å². The number of H-pyrrole nitrogens is 1. The molecule has 0 fully saturated rings. The summed E-state index contributed by atoms with van der Waals surface area (Å²) in [7, 11) is 0. The van der Waals surface area contributed by atoms with Crippen LogP contribution >= 0.6 is 0 Å². The van der Waals surface area contributed by atoms with Gasteiger partial charge in [-0.15, -0.1) is 0 Å². The summed E-state index contributed by atoms with van der Waals surface area (Å²) in [4.78, 5) is 26.5. The lowest BCUT2D eigenvalue weighted by Gasteiger charge is -2.02. The third kappa shape index (κ3) is 3.00. The maximum atomic E-state index is 12.5. The zero-order valence-electron chi connectivity index (χ0n) is 14.1. The molecule has 128 valence electrons. The predicted octanol–water partition coefficient (Wildman–Crippen LogP) is 3.73. The number of aromatic amines is 1. The van der Waals surface area contributed by atoms with Crippen LogP contribution in [-0.4, -0.2) is 27.0 Å². The Kier molecular flexibility index (Phi) is 3.85. The van der Waals surface area contributed by atoms with Crippen molar-refractivity contribution in [3.8, 4) is 5.69 Å². The Morgan fingerprint density at radius 1 is 1.19 bits per heavy atom. The van der Waals surface area contributed by atoms with E-state index in [9.17, 15) is 9.59 Å². The van der Waals surface area contributed by atoms with Crippen molar-refractivity contribution in [2.45, 2.75) is 6.92 Å². The summed E-state index contributed by atoms with van der Waals surface area (Å²) in [6.45, 7) is 2.01. The number of anilines is 1. The SMILES string of the molecule is Cc1ccc2[nH]c(C(=O)Nc3cnn(-c4cccc(C=O)c4)c3)cc2c1. The highest BCUT2D eigenvalue weighted by molar-refractivity contribution is 6.05. The van der Waals surface area contributed by atoms with Crippen LogP contribution in [0.5, 0.6) is 0 Å². The average molecular weight is 344 g/mol. The molecule has 2 N–H and O–H groups in total. The molecule has 26 heavy (non-hydrogen) atoms. The molecule has 4 aromatic rings. The number of aldehydes is 1.